The second kappa shape index (κ2) is 5.86. The second-order valence-electron chi connectivity index (χ2n) is 10.1. The fourth-order valence-electron chi connectivity index (χ4n) is 8.21. The molecule has 8 rings (SSSR count). The molecule has 2 spiro atoms. The number of aliphatic hydroxyl groups excluding tert-OH is 1. The van der Waals surface area contributed by atoms with Gasteiger partial charge < -0.3 is 19.3 Å². The predicted octanol–water partition coefficient (Wildman–Crippen LogP) is 4.45. The molecule has 0 saturated heterocycles. The topological polar surface area (TPSA) is 47.9 Å². The number of aliphatic hydroxyl groups is 1. The summed E-state index contributed by atoms with van der Waals surface area (Å²) in [6, 6.07) is 15.0. The number of rotatable bonds is 4. The molecule has 6 atom stereocenters. The summed E-state index contributed by atoms with van der Waals surface area (Å²) in [6.45, 7) is 1.85. The van der Waals surface area contributed by atoms with E-state index < -0.39 is 11.7 Å². The highest BCUT2D eigenvalue weighted by atomic mass is 16.6. The van der Waals surface area contributed by atoms with Gasteiger partial charge in [-0.3, -0.25) is 0 Å². The maximum Gasteiger partial charge on any atom is 0.166 e. The first-order chi connectivity index (χ1) is 15.5. The Bertz CT molecular complexity index is 1210. The van der Waals surface area contributed by atoms with Gasteiger partial charge >= 0.3 is 0 Å². The molecule has 1 fully saturated rings. The molecule has 6 aliphatic rings. The SMILES string of the molecule is COc1ccc2c3c1O[C@@H]1[C@]34CC[C@H](C2)[C@@]42C=C([C@H](C)O)[C@]1(OC)C=C2c1ccccc1. The van der Waals surface area contributed by atoms with Gasteiger partial charge in [0.2, 0.25) is 0 Å². The third kappa shape index (κ3) is 1.76. The zero-order valence-corrected chi connectivity index (χ0v) is 18.7. The molecule has 1 heterocycles. The van der Waals surface area contributed by atoms with E-state index in [0.29, 0.717) is 5.92 Å². The largest absolute Gasteiger partial charge is 0.493 e. The minimum Gasteiger partial charge on any atom is -0.493 e. The summed E-state index contributed by atoms with van der Waals surface area (Å²) in [6.07, 6.45) is 7.04. The number of allylic oxidation sites excluding steroid dienone is 2. The molecule has 5 aliphatic carbocycles. The van der Waals surface area contributed by atoms with Crippen molar-refractivity contribution in [2.24, 2.45) is 11.3 Å². The predicted molar refractivity (Wildman–Crippen MR) is 122 cm³/mol. The van der Waals surface area contributed by atoms with Gasteiger partial charge in [0.25, 0.3) is 0 Å². The van der Waals surface area contributed by atoms with Crippen LogP contribution in [0.5, 0.6) is 11.5 Å². The van der Waals surface area contributed by atoms with Gasteiger partial charge in [-0.2, -0.15) is 0 Å². The van der Waals surface area contributed by atoms with Crippen LogP contribution in [0.15, 0.2) is 60.2 Å². The molecule has 0 amide bonds. The fourth-order valence-corrected chi connectivity index (χ4v) is 8.21. The Hall–Kier alpha value is -2.56. The molecular weight excluding hydrogens is 400 g/mol. The fraction of sp³-hybridized carbons (Fsp3) is 0.429. The maximum absolute atomic E-state index is 10.9. The summed E-state index contributed by atoms with van der Waals surface area (Å²) in [5.41, 5.74) is 4.93. The van der Waals surface area contributed by atoms with E-state index in [0.717, 1.165) is 36.3 Å². The molecule has 1 aliphatic heterocycles. The van der Waals surface area contributed by atoms with Gasteiger partial charge in [0.05, 0.1) is 18.6 Å². The van der Waals surface area contributed by atoms with Crippen LogP contribution < -0.4 is 9.47 Å². The molecule has 4 nitrogen and oxygen atoms in total. The van der Waals surface area contributed by atoms with E-state index in [9.17, 15) is 5.11 Å². The van der Waals surface area contributed by atoms with Crippen molar-refractivity contribution < 1.29 is 19.3 Å². The molecule has 0 radical (unpaired) electrons. The average molecular weight is 429 g/mol. The average Bonchev–Trinajstić information content (AvgIpc) is 3.29. The van der Waals surface area contributed by atoms with E-state index in [1.165, 1.54) is 22.3 Å². The molecule has 0 unspecified atom stereocenters. The first kappa shape index (κ1) is 19.0. The number of methoxy groups -OCH3 is 2. The first-order valence-electron chi connectivity index (χ1n) is 11.7. The van der Waals surface area contributed by atoms with Crippen molar-refractivity contribution >= 4 is 5.57 Å². The highest BCUT2D eigenvalue weighted by Crippen LogP contribution is 2.79. The van der Waals surface area contributed by atoms with Crippen molar-refractivity contribution in [3.8, 4) is 11.5 Å². The lowest BCUT2D eigenvalue weighted by atomic mass is 9.41. The Morgan fingerprint density at radius 1 is 1.09 bits per heavy atom. The Morgan fingerprint density at radius 2 is 1.91 bits per heavy atom. The van der Waals surface area contributed by atoms with Crippen molar-refractivity contribution in [1.29, 1.82) is 0 Å². The summed E-state index contributed by atoms with van der Waals surface area (Å²) in [4.78, 5) is 0. The van der Waals surface area contributed by atoms with E-state index in [1.807, 2.05) is 6.92 Å². The molecule has 2 aromatic rings. The van der Waals surface area contributed by atoms with Crippen LogP contribution in [-0.4, -0.2) is 37.1 Å². The zero-order chi connectivity index (χ0) is 21.9. The van der Waals surface area contributed by atoms with E-state index in [2.05, 4.69) is 54.6 Å². The molecule has 4 heteroatoms. The molecular formula is C28H28O4. The molecule has 0 aromatic heterocycles. The monoisotopic (exact) mass is 428 g/mol. The van der Waals surface area contributed by atoms with Crippen molar-refractivity contribution in [1.82, 2.24) is 0 Å². The van der Waals surface area contributed by atoms with E-state index in [4.69, 9.17) is 14.2 Å². The van der Waals surface area contributed by atoms with Crippen LogP contribution >= 0.6 is 0 Å². The van der Waals surface area contributed by atoms with E-state index in [1.54, 1.807) is 14.2 Å². The standard InChI is InChI=1S/C28H28O4/c1-16(29)20-14-27-19-11-12-26(27)23-18(13-19)9-10-22(30-2)24(23)32-25(26)28(20,31-3)15-21(27)17-7-5-4-6-8-17/h4-10,14-16,19,25,29H,11-13H2,1-3H3/t16-,19+,25+,26-,27+,28+/m0/s1. The van der Waals surface area contributed by atoms with Crippen LogP contribution in [0.3, 0.4) is 0 Å². The van der Waals surface area contributed by atoms with Gasteiger partial charge in [-0.05, 0) is 66.5 Å². The smallest absolute Gasteiger partial charge is 0.166 e. The van der Waals surface area contributed by atoms with Gasteiger partial charge in [0.15, 0.2) is 11.5 Å². The number of ether oxygens (including phenoxy) is 3. The lowest BCUT2D eigenvalue weighted by Crippen LogP contribution is -2.69. The van der Waals surface area contributed by atoms with Crippen molar-refractivity contribution in [2.45, 2.75) is 49.4 Å². The van der Waals surface area contributed by atoms with Gasteiger partial charge in [-0.15, -0.1) is 0 Å². The Kier molecular flexibility index (Phi) is 3.47. The summed E-state index contributed by atoms with van der Waals surface area (Å²) >= 11 is 0. The van der Waals surface area contributed by atoms with E-state index in [-0.39, 0.29) is 16.9 Å². The second-order valence-corrected chi connectivity index (χ2v) is 10.1. The van der Waals surface area contributed by atoms with Crippen LogP contribution in [0.4, 0.5) is 0 Å². The van der Waals surface area contributed by atoms with Crippen LogP contribution in [0.1, 0.15) is 36.5 Å². The van der Waals surface area contributed by atoms with Crippen LogP contribution in [0.2, 0.25) is 0 Å². The minimum absolute atomic E-state index is 0.219. The minimum atomic E-state index is -0.825. The van der Waals surface area contributed by atoms with Gasteiger partial charge in [-0.25, -0.2) is 0 Å². The van der Waals surface area contributed by atoms with Gasteiger partial charge in [0, 0.05) is 18.1 Å². The zero-order valence-electron chi connectivity index (χ0n) is 18.7. The number of benzene rings is 2. The van der Waals surface area contributed by atoms with Crippen LogP contribution in [-0.2, 0) is 16.6 Å². The third-order valence-corrected chi connectivity index (χ3v) is 9.19. The van der Waals surface area contributed by atoms with Gasteiger partial charge in [-0.1, -0.05) is 42.5 Å². The lowest BCUT2D eigenvalue weighted by molar-refractivity contribution is -0.0983. The Labute approximate surface area is 188 Å². The number of hydrogen-bond donors (Lipinski definition) is 1. The Morgan fingerprint density at radius 3 is 2.62 bits per heavy atom. The molecule has 1 N–H and O–H groups in total. The summed E-state index contributed by atoms with van der Waals surface area (Å²) in [7, 11) is 3.47. The normalized spacial score (nSPS) is 38.0. The first-order valence-corrected chi connectivity index (χ1v) is 11.7. The van der Waals surface area contributed by atoms with E-state index >= 15 is 0 Å². The maximum atomic E-state index is 10.9. The summed E-state index contributed by atoms with van der Waals surface area (Å²) in [5, 5.41) is 10.9. The summed E-state index contributed by atoms with van der Waals surface area (Å²) in [5.74, 6) is 2.12. The molecule has 164 valence electrons. The third-order valence-electron chi connectivity index (χ3n) is 9.19. The molecule has 32 heavy (non-hydrogen) atoms. The highest BCUT2D eigenvalue weighted by molar-refractivity contribution is 5.85. The molecule has 2 aromatic carbocycles. The highest BCUT2D eigenvalue weighted by Gasteiger charge is 2.79. The van der Waals surface area contributed by atoms with Gasteiger partial charge in [0.1, 0.15) is 11.7 Å². The van der Waals surface area contributed by atoms with Crippen molar-refractivity contribution in [2.75, 3.05) is 14.2 Å². The molecule has 4 bridgehead atoms. The summed E-state index contributed by atoms with van der Waals surface area (Å²) < 4.78 is 19.1. The van der Waals surface area contributed by atoms with Crippen molar-refractivity contribution in [3.63, 3.8) is 0 Å². The molecule has 1 saturated carbocycles. The van der Waals surface area contributed by atoms with Crippen molar-refractivity contribution in [3.05, 3.63) is 76.9 Å². The Balaban J connectivity index is 1.63. The van der Waals surface area contributed by atoms with Crippen LogP contribution in [0.25, 0.3) is 5.57 Å². The van der Waals surface area contributed by atoms with Crippen LogP contribution in [0, 0.1) is 11.3 Å². The lowest BCUT2D eigenvalue weighted by Gasteiger charge is -2.63. The quantitative estimate of drug-likeness (QED) is 0.731. The number of hydrogen-bond acceptors (Lipinski definition) is 4.